The average Bonchev–Trinajstić information content (AvgIpc) is 2.52. The molecule has 1 N–H and O–H groups in total. The van der Waals surface area contributed by atoms with E-state index in [4.69, 9.17) is 9.47 Å². The molecule has 0 aromatic heterocycles. The number of nitrogens with one attached hydrogen (secondary N) is 1. The van der Waals surface area contributed by atoms with Gasteiger partial charge in [0.15, 0.2) is 21.3 Å². The summed E-state index contributed by atoms with van der Waals surface area (Å²) >= 11 is 3.37. The van der Waals surface area contributed by atoms with Gasteiger partial charge in [-0.3, -0.25) is 4.79 Å². The Morgan fingerprint density at radius 3 is 2.57 bits per heavy atom. The monoisotopic (exact) mass is 407 g/mol. The molecule has 6 nitrogen and oxygen atoms in total. The summed E-state index contributed by atoms with van der Waals surface area (Å²) < 4.78 is 34.3. The van der Waals surface area contributed by atoms with Crippen LogP contribution in [0, 0.1) is 0 Å². The summed E-state index contributed by atoms with van der Waals surface area (Å²) in [5.74, 6) is 0.604. The number of hydrogen-bond donors (Lipinski definition) is 1. The molecule has 1 rings (SSSR count). The number of hydrogen-bond acceptors (Lipinski definition) is 5. The molecule has 1 aromatic rings. The SMILES string of the molecule is CCCOc1c(Br)cc(C(=O)NCCS(=O)(=O)CC)cc1OC. The van der Waals surface area contributed by atoms with Gasteiger partial charge in [-0.05, 0) is 34.5 Å². The van der Waals surface area contributed by atoms with Crippen LogP contribution < -0.4 is 14.8 Å². The van der Waals surface area contributed by atoms with Crippen molar-refractivity contribution in [1.29, 1.82) is 0 Å². The zero-order valence-corrected chi connectivity index (χ0v) is 15.9. The molecule has 8 heteroatoms. The summed E-state index contributed by atoms with van der Waals surface area (Å²) in [5, 5.41) is 2.60. The van der Waals surface area contributed by atoms with Gasteiger partial charge >= 0.3 is 0 Å². The first-order valence-electron chi connectivity index (χ1n) is 7.33. The lowest BCUT2D eigenvalue weighted by Crippen LogP contribution is -2.29. The van der Waals surface area contributed by atoms with Crippen LogP contribution in [0.4, 0.5) is 0 Å². The number of carbonyl (C=O) groups is 1. The fraction of sp³-hybridized carbons (Fsp3) is 0.533. The van der Waals surface area contributed by atoms with Crippen molar-refractivity contribution in [1.82, 2.24) is 5.32 Å². The van der Waals surface area contributed by atoms with Gasteiger partial charge in [0.1, 0.15) is 0 Å². The average molecular weight is 408 g/mol. The summed E-state index contributed by atoms with van der Waals surface area (Å²) in [6, 6.07) is 3.19. The van der Waals surface area contributed by atoms with Crippen molar-refractivity contribution in [2.24, 2.45) is 0 Å². The molecule has 130 valence electrons. The number of amides is 1. The maximum atomic E-state index is 12.1. The number of methoxy groups -OCH3 is 1. The van der Waals surface area contributed by atoms with E-state index in [1.54, 1.807) is 19.1 Å². The summed E-state index contributed by atoms with van der Waals surface area (Å²) in [6.07, 6.45) is 0.851. The molecule has 0 saturated carbocycles. The second kappa shape index (κ2) is 9.12. The van der Waals surface area contributed by atoms with Gasteiger partial charge in [-0.1, -0.05) is 13.8 Å². The van der Waals surface area contributed by atoms with Crippen molar-refractivity contribution in [3.8, 4) is 11.5 Å². The lowest BCUT2D eigenvalue weighted by Gasteiger charge is -2.14. The van der Waals surface area contributed by atoms with Crippen LogP contribution >= 0.6 is 15.9 Å². The number of benzene rings is 1. The first-order chi connectivity index (χ1) is 10.8. The third-order valence-corrected chi connectivity index (χ3v) is 5.38. The number of halogens is 1. The fourth-order valence-corrected chi connectivity index (χ4v) is 3.02. The molecule has 0 heterocycles. The fourth-order valence-electron chi connectivity index (χ4n) is 1.76. The molecule has 0 atom stereocenters. The topological polar surface area (TPSA) is 81.7 Å². The second-order valence-electron chi connectivity index (χ2n) is 4.83. The Morgan fingerprint density at radius 2 is 2.00 bits per heavy atom. The maximum Gasteiger partial charge on any atom is 0.251 e. The normalized spacial score (nSPS) is 11.1. The van der Waals surface area contributed by atoms with Gasteiger partial charge in [0.05, 0.1) is 23.9 Å². The summed E-state index contributed by atoms with van der Waals surface area (Å²) in [7, 11) is -1.61. The van der Waals surface area contributed by atoms with Gasteiger partial charge in [-0.15, -0.1) is 0 Å². The van der Waals surface area contributed by atoms with Crippen LogP contribution in [0.1, 0.15) is 30.6 Å². The molecule has 0 aliphatic rings. The lowest BCUT2D eigenvalue weighted by molar-refractivity contribution is 0.0955. The van der Waals surface area contributed by atoms with Gasteiger partial charge in [-0.25, -0.2) is 8.42 Å². The molecule has 0 saturated heterocycles. The lowest BCUT2D eigenvalue weighted by atomic mass is 10.2. The number of ether oxygens (including phenoxy) is 2. The molecular formula is C15H22BrNO5S. The molecule has 0 unspecified atom stereocenters. The Morgan fingerprint density at radius 1 is 1.30 bits per heavy atom. The summed E-state index contributed by atoms with van der Waals surface area (Å²) in [6.45, 7) is 4.18. The molecule has 1 aromatic carbocycles. The third-order valence-electron chi connectivity index (χ3n) is 3.08. The van der Waals surface area contributed by atoms with Gasteiger partial charge in [0.2, 0.25) is 0 Å². The molecule has 0 spiro atoms. The van der Waals surface area contributed by atoms with Crippen LogP contribution in [0.15, 0.2) is 16.6 Å². The highest BCUT2D eigenvalue weighted by Gasteiger charge is 2.16. The highest BCUT2D eigenvalue weighted by Crippen LogP contribution is 2.36. The number of rotatable bonds is 9. The van der Waals surface area contributed by atoms with E-state index in [-0.39, 0.29) is 24.0 Å². The van der Waals surface area contributed by atoms with E-state index in [9.17, 15) is 13.2 Å². The van der Waals surface area contributed by atoms with Gasteiger partial charge < -0.3 is 14.8 Å². The summed E-state index contributed by atoms with van der Waals surface area (Å²) in [4.78, 5) is 12.1. The second-order valence-corrected chi connectivity index (χ2v) is 8.16. The van der Waals surface area contributed by atoms with E-state index in [1.165, 1.54) is 7.11 Å². The van der Waals surface area contributed by atoms with Crippen molar-refractivity contribution in [3.05, 3.63) is 22.2 Å². The molecule has 23 heavy (non-hydrogen) atoms. The van der Waals surface area contributed by atoms with Crippen molar-refractivity contribution >= 4 is 31.7 Å². The minimum atomic E-state index is -3.10. The Bertz CT molecular complexity index is 646. The van der Waals surface area contributed by atoms with Crippen LogP contribution in [0.3, 0.4) is 0 Å². The Hall–Kier alpha value is -1.28. The highest BCUT2D eigenvalue weighted by molar-refractivity contribution is 9.10. The first-order valence-corrected chi connectivity index (χ1v) is 9.95. The molecule has 1 amide bonds. The van der Waals surface area contributed by atoms with Crippen LogP contribution in [-0.4, -0.2) is 46.1 Å². The largest absolute Gasteiger partial charge is 0.493 e. The quantitative estimate of drug-likeness (QED) is 0.679. The zero-order chi connectivity index (χ0) is 17.5. The van der Waals surface area contributed by atoms with E-state index >= 15 is 0 Å². The van der Waals surface area contributed by atoms with Gasteiger partial charge in [-0.2, -0.15) is 0 Å². The van der Waals surface area contributed by atoms with Crippen LogP contribution in [0.5, 0.6) is 11.5 Å². The number of sulfone groups is 1. The maximum absolute atomic E-state index is 12.1. The summed E-state index contributed by atoms with van der Waals surface area (Å²) in [5.41, 5.74) is 0.367. The molecule has 0 fully saturated rings. The van der Waals surface area contributed by atoms with Crippen molar-refractivity contribution < 1.29 is 22.7 Å². The Labute approximate surface area is 145 Å². The molecular weight excluding hydrogens is 386 g/mol. The van der Waals surface area contributed by atoms with Crippen LogP contribution in [-0.2, 0) is 9.84 Å². The third kappa shape index (κ3) is 6.02. The smallest absolute Gasteiger partial charge is 0.251 e. The molecule has 0 aliphatic heterocycles. The van der Waals surface area contributed by atoms with Gasteiger partial charge in [0.25, 0.3) is 5.91 Å². The zero-order valence-electron chi connectivity index (χ0n) is 13.5. The van der Waals surface area contributed by atoms with Crippen molar-refractivity contribution in [3.63, 3.8) is 0 Å². The van der Waals surface area contributed by atoms with Crippen LogP contribution in [0.25, 0.3) is 0 Å². The molecule has 0 radical (unpaired) electrons. The predicted octanol–water partition coefficient (Wildman–Crippen LogP) is 2.41. The van der Waals surface area contributed by atoms with E-state index in [0.717, 1.165) is 6.42 Å². The number of carbonyl (C=O) groups excluding carboxylic acids is 1. The van der Waals surface area contributed by atoms with Crippen molar-refractivity contribution in [2.75, 3.05) is 31.8 Å². The molecule has 0 bridgehead atoms. The Balaban J connectivity index is 2.83. The van der Waals surface area contributed by atoms with E-state index in [0.29, 0.717) is 28.1 Å². The predicted molar refractivity (Wildman–Crippen MR) is 93.1 cm³/mol. The highest BCUT2D eigenvalue weighted by atomic mass is 79.9. The molecule has 0 aliphatic carbocycles. The Kier molecular flexibility index (Phi) is 7.84. The van der Waals surface area contributed by atoms with Crippen molar-refractivity contribution in [2.45, 2.75) is 20.3 Å². The standard InChI is InChI=1S/C15H22BrNO5S/c1-4-7-22-14-12(16)9-11(10-13(14)21-3)15(18)17-6-8-23(19,20)5-2/h9-10H,4-8H2,1-3H3,(H,17,18). The van der Waals surface area contributed by atoms with E-state index < -0.39 is 9.84 Å². The first kappa shape index (κ1) is 19.8. The minimum absolute atomic E-state index is 0.0612. The van der Waals surface area contributed by atoms with Crippen LogP contribution in [0.2, 0.25) is 0 Å². The van der Waals surface area contributed by atoms with Gasteiger partial charge in [0, 0.05) is 17.9 Å². The van der Waals surface area contributed by atoms with E-state index in [2.05, 4.69) is 21.2 Å². The van der Waals surface area contributed by atoms with E-state index in [1.807, 2.05) is 6.92 Å². The minimum Gasteiger partial charge on any atom is -0.493 e.